The van der Waals surface area contributed by atoms with Crippen molar-refractivity contribution in [2.24, 2.45) is 5.92 Å². The van der Waals surface area contributed by atoms with Crippen molar-refractivity contribution in [3.05, 3.63) is 71.3 Å². The van der Waals surface area contributed by atoms with Gasteiger partial charge in [0, 0.05) is 13.1 Å². The molecule has 1 amide bonds. The van der Waals surface area contributed by atoms with Gasteiger partial charge in [0.1, 0.15) is 0 Å². The molecule has 0 saturated carbocycles. The van der Waals surface area contributed by atoms with Crippen LogP contribution in [-0.2, 0) is 23.9 Å². The number of nitrogens with one attached hydrogen (secondary N) is 1. The number of alkyl halides is 3. The van der Waals surface area contributed by atoms with E-state index in [1.807, 2.05) is 18.2 Å². The van der Waals surface area contributed by atoms with Crippen molar-refractivity contribution in [1.82, 2.24) is 10.2 Å². The first-order chi connectivity index (χ1) is 13.4. The lowest BCUT2D eigenvalue weighted by Crippen LogP contribution is -2.38. The molecule has 0 bridgehead atoms. The topological polar surface area (TPSA) is 32.3 Å². The van der Waals surface area contributed by atoms with Crippen LogP contribution in [0.25, 0.3) is 0 Å². The van der Waals surface area contributed by atoms with Gasteiger partial charge in [0.05, 0.1) is 12.0 Å². The van der Waals surface area contributed by atoms with Crippen LogP contribution in [0.5, 0.6) is 0 Å². The van der Waals surface area contributed by atoms with Crippen LogP contribution in [-0.4, -0.2) is 30.4 Å². The molecule has 0 atom stereocenters. The molecule has 3 nitrogen and oxygen atoms in total. The number of benzene rings is 2. The Hall–Kier alpha value is -2.34. The predicted octanol–water partition coefficient (Wildman–Crippen LogP) is 4.28. The summed E-state index contributed by atoms with van der Waals surface area (Å²) in [5, 5.41) is 2.82. The third-order valence-corrected chi connectivity index (χ3v) is 5.22. The largest absolute Gasteiger partial charge is 0.416 e. The summed E-state index contributed by atoms with van der Waals surface area (Å²) in [6.45, 7) is 3.37. The molecule has 0 aliphatic carbocycles. The Morgan fingerprint density at radius 1 is 1.00 bits per heavy atom. The van der Waals surface area contributed by atoms with Gasteiger partial charge in [0.15, 0.2) is 0 Å². The summed E-state index contributed by atoms with van der Waals surface area (Å²) in [5.74, 6) is 0.0113. The van der Waals surface area contributed by atoms with E-state index in [-0.39, 0.29) is 17.9 Å². The Balaban J connectivity index is 1.43. The van der Waals surface area contributed by atoms with Gasteiger partial charge in [-0.2, -0.15) is 13.2 Å². The van der Waals surface area contributed by atoms with Gasteiger partial charge in [0.2, 0.25) is 5.91 Å². The minimum Gasteiger partial charge on any atom is -0.356 e. The first-order valence-corrected chi connectivity index (χ1v) is 9.60. The summed E-state index contributed by atoms with van der Waals surface area (Å²) in [4.78, 5) is 14.5. The van der Waals surface area contributed by atoms with Gasteiger partial charge in [0.25, 0.3) is 0 Å². The number of rotatable bonds is 6. The Bertz CT molecular complexity index is 769. The van der Waals surface area contributed by atoms with Crippen LogP contribution in [0.15, 0.2) is 54.6 Å². The Kier molecular flexibility index (Phi) is 6.73. The van der Waals surface area contributed by atoms with Crippen LogP contribution in [0.1, 0.15) is 29.5 Å². The summed E-state index contributed by atoms with van der Waals surface area (Å²) >= 11 is 0. The molecule has 1 heterocycles. The molecule has 3 rings (SSSR count). The molecule has 1 fully saturated rings. The molecule has 28 heavy (non-hydrogen) atoms. The molecule has 0 unspecified atom stereocenters. The van der Waals surface area contributed by atoms with E-state index in [2.05, 4.69) is 22.3 Å². The molecular weight excluding hydrogens is 365 g/mol. The lowest BCUT2D eigenvalue weighted by molar-refractivity contribution is -0.138. The van der Waals surface area contributed by atoms with Crippen LogP contribution >= 0.6 is 0 Å². The van der Waals surface area contributed by atoms with E-state index >= 15 is 0 Å². The average Bonchev–Trinajstić information content (AvgIpc) is 2.68. The summed E-state index contributed by atoms with van der Waals surface area (Å²) in [6, 6.07) is 15.6. The zero-order chi connectivity index (χ0) is 20.0. The van der Waals surface area contributed by atoms with Crippen molar-refractivity contribution < 1.29 is 18.0 Å². The van der Waals surface area contributed by atoms with Crippen molar-refractivity contribution in [3.63, 3.8) is 0 Å². The number of carbonyl (C=O) groups excluding carboxylic acids is 1. The van der Waals surface area contributed by atoms with Crippen LogP contribution < -0.4 is 5.32 Å². The maximum atomic E-state index is 13.0. The molecule has 2 aromatic rings. The van der Waals surface area contributed by atoms with E-state index < -0.39 is 11.7 Å². The lowest BCUT2D eigenvalue weighted by Gasteiger charge is -2.32. The second kappa shape index (κ2) is 9.24. The third-order valence-electron chi connectivity index (χ3n) is 5.22. The highest BCUT2D eigenvalue weighted by Crippen LogP contribution is 2.32. The van der Waals surface area contributed by atoms with E-state index in [1.165, 1.54) is 23.8 Å². The van der Waals surface area contributed by atoms with Gasteiger partial charge in [-0.3, -0.25) is 9.69 Å². The minimum absolute atomic E-state index is 0.0187. The molecular formula is C22H25F3N2O. The van der Waals surface area contributed by atoms with Gasteiger partial charge in [-0.1, -0.05) is 48.5 Å². The molecule has 1 aliphatic rings. The first kappa shape index (κ1) is 20.4. The smallest absolute Gasteiger partial charge is 0.356 e. The molecule has 1 saturated heterocycles. The average molecular weight is 390 g/mol. The highest BCUT2D eigenvalue weighted by molar-refractivity contribution is 5.79. The Morgan fingerprint density at radius 3 is 2.32 bits per heavy atom. The summed E-state index contributed by atoms with van der Waals surface area (Å²) in [6.07, 6.45) is -2.73. The number of hydrogen-bond acceptors (Lipinski definition) is 2. The minimum atomic E-state index is -4.44. The van der Waals surface area contributed by atoms with Crippen molar-refractivity contribution >= 4 is 5.91 Å². The van der Waals surface area contributed by atoms with Crippen molar-refractivity contribution in [2.45, 2.75) is 32.0 Å². The van der Waals surface area contributed by atoms with Gasteiger partial charge < -0.3 is 5.32 Å². The van der Waals surface area contributed by atoms with Gasteiger partial charge in [-0.15, -0.1) is 0 Å². The van der Waals surface area contributed by atoms with E-state index in [0.717, 1.165) is 38.5 Å². The van der Waals surface area contributed by atoms with E-state index in [0.29, 0.717) is 12.5 Å². The molecule has 1 N–H and O–H groups in total. The number of amides is 1. The molecule has 2 aromatic carbocycles. The Morgan fingerprint density at radius 2 is 1.64 bits per heavy atom. The Labute approximate surface area is 163 Å². The van der Waals surface area contributed by atoms with E-state index in [1.54, 1.807) is 0 Å². The van der Waals surface area contributed by atoms with Crippen LogP contribution in [0.3, 0.4) is 0 Å². The van der Waals surface area contributed by atoms with Crippen molar-refractivity contribution in [1.29, 1.82) is 0 Å². The van der Waals surface area contributed by atoms with Crippen LogP contribution in [0.4, 0.5) is 13.2 Å². The zero-order valence-corrected chi connectivity index (χ0v) is 15.7. The quantitative estimate of drug-likeness (QED) is 0.799. The fourth-order valence-electron chi connectivity index (χ4n) is 3.63. The molecule has 150 valence electrons. The van der Waals surface area contributed by atoms with Gasteiger partial charge in [-0.05, 0) is 49.0 Å². The fourth-order valence-corrected chi connectivity index (χ4v) is 3.63. The highest BCUT2D eigenvalue weighted by Gasteiger charge is 2.33. The lowest BCUT2D eigenvalue weighted by atomic mass is 9.96. The van der Waals surface area contributed by atoms with E-state index in [9.17, 15) is 18.0 Å². The van der Waals surface area contributed by atoms with Gasteiger partial charge >= 0.3 is 6.18 Å². The molecule has 0 spiro atoms. The maximum absolute atomic E-state index is 13.0. The first-order valence-electron chi connectivity index (χ1n) is 9.60. The number of nitrogens with zero attached hydrogens (tertiary/aromatic N) is 1. The molecule has 6 heteroatoms. The number of piperidine rings is 1. The van der Waals surface area contributed by atoms with Crippen molar-refractivity contribution in [3.8, 4) is 0 Å². The predicted molar refractivity (Wildman–Crippen MR) is 103 cm³/mol. The van der Waals surface area contributed by atoms with Crippen molar-refractivity contribution in [2.75, 3.05) is 19.6 Å². The summed E-state index contributed by atoms with van der Waals surface area (Å²) in [5.41, 5.74) is 0.571. The number of carbonyl (C=O) groups is 1. The normalized spacial score (nSPS) is 16.1. The SMILES string of the molecule is O=C(Cc1ccccc1C(F)(F)F)NCC1CCN(Cc2ccccc2)CC1. The molecule has 0 aromatic heterocycles. The van der Waals surface area contributed by atoms with Gasteiger partial charge in [-0.25, -0.2) is 0 Å². The van der Waals surface area contributed by atoms with E-state index in [4.69, 9.17) is 0 Å². The summed E-state index contributed by atoms with van der Waals surface area (Å²) in [7, 11) is 0. The third kappa shape index (κ3) is 5.83. The molecule has 0 radical (unpaired) electrons. The summed E-state index contributed by atoms with van der Waals surface area (Å²) < 4.78 is 39.1. The monoisotopic (exact) mass is 390 g/mol. The fraction of sp³-hybridized carbons (Fsp3) is 0.409. The number of halogens is 3. The molecule has 1 aliphatic heterocycles. The highest BCUT2D eigenvalue weighted by atomic mass is 19.4. The number of hydrogen-bond donors (Lipinski definition) is 1. The van der Waals surface area contributed by atoms with Crippen LogP contribution in [0.2, 0.25) is 0 Å². The van der Waals surface area contributed by atoms with Crippen LogP contribution in [0, 0.1) is 5.92 Å². The second-order valence-corrected chi connectivity index (χ2v) is 7.34. The second-order valence-electron chi connectivity index (χ2n) is 7.34. The zero-order valence-electron chi connectivity index (χ0n) is 15.7. The standard InChI is InChI=1S/C22H25F3N2O/c23-22(24,25)20-9-5-4-8-19(20)14-21(28)26-15-17-10-12-27(13-11-17)16-18-6-2-1-3-7-18/h1-9,17H,10-16H2,(H,26,28). The maximum Gasteiger partial charge on any atom is 0.416 e. The number of likely N-dealkylation sites (tertiary alicyclic amines) is 1.